The summed E-state index contributed by atoms with van der Waals surface area (Å²) in [5, 5.41) is 9.69. The van der Waals surface area contributed by atoms with Crippen LogP contribution in [0.15, 0.2) is 58.3 Å². The van der Waals surface area contributed by atoms with E-state index >= 15 is 0 Å². The second-order valence-corrected chi connectivity index (χ2v) is 5.20. The van der Waals surface area contributed by atoms with E-state index in [0.717, 1.165) is 15.4 Å². The van der Waals surface area contributed by atoms with Gasteiger partial charge in [-0.1, -0.05) is 30.8 Å². The average Bonchev–Trinajstić information content (AvgIpc) is 2.41. The lowest BCUT2D eigenvalue weighted by Gasteiger charge is -2.08. The maximum absolute atomic E-state index is 12.8. The molecule has 0 aliphatic heterocycles. The Labute approximate surface area is 111 Å². The van der Waals surface area contributed by atoms with Crippen LogP contribution in [0.5, 0.6) is 0 Å². The number of aliphatic hydroxyl groups is 1. The van der Waals surface area contributed by atoms with Gasteiger partial charge in [0.25, 0.3) is 0 Å². The molecule has 1 N–H and O–H groups in total. The van der Waals surface area contributed by atoms with Crippen molar-refractivity contribution >= 4 is 11.8 Å². The zero-order valence-corrected chi connectivity index (χ0v) is 11.0. The van der Waals surface area contributed by atoms with Gasteiger partial charge in [0.1, 0.15) is 5.82 Å². The van der Waals surface area contributed by atoms with Gasteiger partial charge >= 0.3 is 0 Å². The van der Waals surface area contributed by atoms with E-state index in [0.29, 0.717) is 6.42 Å². The largest absolute Gasteiger partial charge is 0.388 e. The Bertz CT molecular complexity index is 493. The van der Waals surface area contributed by atoms with Crippen molar-refractivity contribution in [3.05, 3.63) is 59.9 Å². The van der Waals surface area contributed by atoms with Crippen LogP contribution in [0, 0.1) is 5.82 Å². The molecule has 0 radical (unpaired) electrons. The molecule has 1 atom stereocenters. The minimum absolute atomic E-state index is 0.222. The Hall–Kier alpha value is -1.32. The monoisotopic (exact) mass is 262 g/mol. The standard InChI is InChI=1S/C15H15FOS/c1-2-15(17)11-3-7-13(8-4-11)18-14-9-5-12(16)6-10-14/h3-10,15,17H,2H2,1H3/t15-/m0/s1. The first kappa shape index (κ1) is 13.1. The minimum Gasteiger partial charge on any atom is -0.388 e. The molecule has 0 unspecified atom stereocenters. The number of aliphatic hydroxyl groups excluding tert-OH is 1. The molecule has 0 heterocycles. The fourth-order valence-electron chi connectivity index (χ4n) is 1.63. The predicted molar refractivity (Wildman–Crippen MR) is 72.2 cm³/mol. The van der Waals surface area contributed by atoms with Crippen molar-refractivity contribution in [1.82, 2.24) is 0 Å². The molecule has 0 saturated carbocycles. The van der Waals surface area contributed by atoms with Crippen molar-refractivity contribution in [2.75, 3.05) is 0 Å². The fourth-order valence-corrected chi connectivity index (χ4v) is 2.45. The highest BCUT2D eigenvalue weighted by atomic mass is 32.2. The van der Waals surface area contributed by atoms with Crippen molar-refractivity contribution in [2.24, 2.45) is 0 Å². The summed E-state index contributed by atoms with van der Waals surface area (Å²) < 4.78 is 12.8. The van der Waals surface area contributed by atoms with Crippen LogP contribution in [0.2, 0.25) is 0 Å². The summed E-state index contributed by atoms with van der Waals surface area (Å²) in [6.45, 7) is 1.95. The second-order valence-electron chi connectivity index (χ2n) is 4.05. The molecule has 0 amide bonds. The number of halogens is 1. The van der Waals surface area contributed by atoms with E-state index in [1.807, 2.05) is 31.2 Å². The van der Waals surface area contributed by atoms with E-state index < -0.39 is 6.10 Å². The lowest BCUT2D eigenvalue weighted by molar-refractivity contribution is 0.173. The Balaban J connectivity index is 2.08. The smallest absolute Gasteiger partial charge is 0.123 e. The van der Waals surface area contributed by atoms with Gasteiger partial charge in [-0.15, -0.1) is 0 Å². The summed E-state index contributed by atoms with van der Waals surface area (Å²) in [5.74, 6) is -0.222. The van der Waals surface area contributed by atoms with E-state index in [9.17, 15) is 9.50 Å². The average molecular weight is 262 g/mol. The highest BCUT2D eigenvalue weighted by molar-refractivity contribution is 7.99. The van der Waals surface area contributed by atoms with Crippen LogP contribution in [0.3, 0.4) is 0 Å². The first-order chi connectivity index (χ1) is 8.69. The number of rotatable bonds is 4. The Kier molecular flexibility index (Phi) is 4.39. The molecule has 3 heteroatoms. The maximum atomic E-state index is 12.8. The summed E-state index contributed by atoms with van der Waals surface area (Å²) in [6, 6.07) is 14.2. The van der Waals surface area contributed by atoms with Gasteiger partial charge in [0.2, 0.25) is 0 Å². The van der Waals surface area contributed by atoms with Gasteiger partial charge in [0.05, 0.1) is 6.10 Å². The minimum atomic E-state index is -0.394. The van der Waals surface area contributed by atoms with Crippen LogP contribution in [-0.2, 0) is 0 Å². The molecular formula is C15H15FOS. The van der Waals surface area contributed by atoms with Crippen LogP contribution in [0.25, 0.3) is 0 Å². The molecule has 0 fully saturated rings. The van der Waals surface area contributed by atoms with Crippen molar-refractivity contribution < 1.29 is 9.50 Å². The quantitative estimate of drug-likeness (QED) is 0.880. The molecule has 2 rings (SSSR count). The molecule has 0 spiro atoms. The van der Waals surface area contributed by atoms with Crippen LogP contribution < -0.4 is 0 Å². The van der Waals surface area contributed by atoms with Gasteiger partial charge in [-0.05, 0) is 48.4 Å². The topological polar surface area (TPSA) is 20.2 Å². The van der Waals surface area contributed by atoms with Gasteiger partial charge in [0.15, 0.2) is 0 Å². The Morgan fingerprint density at radius 3 is 2.00 bits per heavy atom. The van der Waals surface area contributed by atoms with Crippen LogP contribution >= 0.6 is 11.8 Å². The number of hydrogen-bond acceptors (Lipinski definition) is 2. The van der Waals surface area contributed by atoms with Crippen molar-refractivity contribution in [3.8, 4) is 0 Å². The predicted octanol–water partition coefficient (Wildman–Crippen LogP) is 4.42. The third-order valence-electron chi connectivity index (χ3n) is 2.70. The van der Waals surface area contributed by atoms with Gasteiger partial charge < -0.3 is 5.11 Å². The molecule has 18 heavy (non-hydrogen) atoms. The normalized spacial score (nSPS) is 12.4. The van der Waals surface area contributed by atoms with E-state index in [-0.39, 0.29) is 5.82 Å². The lowest BCUT2D eigenvalue weighted by Crippen LogP contribution is -1.93. The zero-order chi connectivity index (χ0) is 13.0. The Morgan fingerprint density at radius 2 is 1.50 bits per heavy atom. The summed E-state index contributed by atoms with van der Waals surface area (Å²) >= 11 is 1.58. The zero-order valence-electron chi connectivity index (χ0n) is 10.1. The summed E-state index contributed by atoms with van der Waals surface area (Å²) in [5.41, 5.74) is 0.931. The van der Waals surface area contributed by atoms with Crippen molar-refractivity contribution in [1.29, 1.82) is 0 Å². The molecule has 2 aromatic rings. The first-order valence-electron chi connectivity index (χ1n) is 5.90. The molecule has 0 aliphatic rings. The molecule has 0 aromatic heterocycles. The number of hydrogen-bond donors (Lipinski definition) is 1. The van der Waals surface area contributed by atoms with Gasteiger partial charge in [0, 0.05) is 9.79 Å². The molecule has 0 saturated heterocycles. The van der Waals surface area contributed by atoms with Gasteiger partial charge in [-0.3, -0.25) is 0 Å². The Morgan fingerprint density at radius 1 is 1.00 bits per heavy atom. The SMILES string of the molecule is CC[C@H](O)c1ccc(Sc2ccc(F)cc2)cc1. The highest BCUT2D eigenvalue weighted by Gasteiger charge is 2.04. The molecule has 1 nitrogen and oxygen atoms in total. The molecular weight excluding hydrogens is 247 g/mol. The molecule has 0 aliphatic carbocycles. The molecule has 0 bridgehead atoms. The van der Waals surface area contributed by atoms with E-state index in [4.69, 9.17) is 0 Å². The summed E-state index contributed by atoms with van der Waals surface area (Å²) in [4.78, 5) is 2.08. The van der Waals surface area contributed by atoms with E-state index in [2.05, 4.69) is 0 Å². The van der Waals surface area contributed by atoms with Crippen LogP contribution in [0.4, 0.5) is 4.39 Å². The summed E-state index contributed by atoms with van der Waals surface area (Å²) in [6.07, 6.45) is 0.319. The first-order valence-corrected chi connectivity index (χ1v) is 6.72. The second kappa shape index (κ2) is 6.03. The number of benzene rings is 2. The van der Waals surface area contributed by atoms with Crippen LogP contribution in [-0.4, -0.2) is 5.11 Å². The van der Waals surface area contributed by atoms with Gasteiger partial charge in [-0.25, -0.2) is 4.39 Å². The third kappa shape index (κ3) is 3.34. The van der Waals surface area contributed by atoms with Crippen molar-refractivity contribution in [2.45, 2.75) is 29.2 Å². The molecule has 94 valence electrons. The van der Waals surface area contributed by atoms with Crippen molar-refractivity contribution in [3.63, 3.8) is 0 Å². The van der Waals surface area contributed by atoms with Gasteiger partial charge in [-0.2, -0.15) is 0 Å². The lowest BCUT2D eigenvalue weighted by atomic mass is 10.1. The third-order valence-corrected chi connectivity index (χ3v) is 3.72. The highest BCUT2D eigenvalue weighted by Crippen LogP contribution is 2.29. The maximum Gasteiger partial charge on any atom is 0.123 e. The molecule has 2 aromatic carbocycles. The van der Waals surface area contributed by atoms with E-state index in [1.54, 1.807) is 23.9 Å². The van der Waals surface area contributed by atoms with E-state index in [1.165, 1.54) is 12.1 Å². The van der Waals surface area contributed by atoms with Crippen LogP contribution in [0.1, 0.15) is 25.0 Å². The summed E-state index contributed by atoms with van der Waals surface area (Å²) in [7, 11) is 0. The fraction of sp³-hybridized carbons (Fsp3) is 0.200.